The van der Waals surface area contributed by atoms with Crippen LogP contribution < -0.4 is 0 Å². The molecule has 26 heavy (non-hydrogen) atoms. The van der Waals surface area contributed by atoms with Gasteiger partial charge in [-0.2, -0.15) is 0 Å². The molecule has 0 atom stereocenters. The summed E-state index contributed by atoms with van der Waals surface area (Å²) in [6.07, 6.45) is 2.73. The number of carbonyl (C=O) groups is 2. The van der Waals surface area contributed by atoms with E-state index in [0.29, 0.717) is 13.0 Å². The summed E-state index contributed by atoms with van der Waals surface area (Å²) in [6, 6.07) is 10.2. The standard InChI is InChI=1S/C20H29N3O2S/c1-21-10-8-20(9-11-21)14-18(24)23(16-20)15-19(25)22(2)12-13-26-17-6-4-3-5-7-17/h3-7H,8-16H2,1-2H3. The third-order valence-corrected chi connectivity index (χ3v) is 6.64. The Kier molecular flexibility index (Phi) is 6.24. The number of nitrogens with zero attached hydrogens (tertiary/aromatic N) is 3. The van der Waals surface area contributed by atoms with Crippen LogP contribution in [0.25, 0.3) is 0 Å². The summed E-state index contributed by atoms with van der Waals surface area (Å²) in [6.45, 7) is 3.76. The van der Waals surface area contributed by atoms with Crippen LogP contribution >= 0.6 is 11.8 Å². The summed E-state index contributed by atoms with van der Waals surface area (Å²) in [5.74, 6) is 1.04. The topological polar surface area (TPSA) is 43.9 Å². The van der Waals surface area contributed by atoms with E-state index in [1.165, 1.54) is 4.90 Å². The summed E-state index contributed by atoms with van der Waals surface area (Å²) in [5, 5.41) is 0. The summed E-state index contributed by atoms with van der Waals surface area (Å²) >= 11 is 1.75. The maximum absolute atomic E-state index is 12.5. The highest BCUT2D eigenvalue weighted by molar-refractivity contribution is 7.99. The number of hydrogen-bond acceptors (Lipinski definition) is 4. The Morgan fingerprint density at radius 3 is 2.62 bits per heavy atom. The lowest BCUT2D eigenvalue weighted by molar-refractivity contribution is -0.137. The van der Waals surface area contributed by atoms with Crippen LogP contribution in [0.5, 0.6) is 0 Å². The van der Waals surface area contributed by atoms with Crippen molar-refractivity contribution in [2.45, 2.75) is 24.2 Å². The molecule has 2 saturated heterocycles. The fourth-order valence-electron chi connectivity index (χ4n) is 3.78. The second-order valence-electron chi connectivity index (χ2n) is 7.71. The smallest absolute Gasteiger partial charge is 0.241 e. The molecule has 0 bridgehead atoms. The Labute approximate surface area is 160 Å². The quantitative estimate of drug-likeness (QED) is 0.715. The van der Waals surface area contributed by atoms with Crippen LogP contribution in [0.15, 0.2) is 35.2 Å². The number of thioether (sulfide) groups is 1. The van der Waals surface area contributed by atoms with Crippen molar-refractivity contribution in [2.75, 3.05) is 52.6 Å². The lowest BCUT2D eigenvalue weighted by Gasteiger charge is -2.37. The molecule has 2 heterocycles. The predicted molar refractivity (Wildman–Crippen MR) is 105 cm³/mol. The van der Waals surface area contributed by atoms with E-state index in [1.807, 2.05) is 25.2 Å². The molecule has 0 aromatic heterocycles. The monoisotopic (exact) mass is 375 g/mol. The first-order valence-electron chi connectivity index (χ1n) is 9.36. The first-order chi connectivity index (χ1) is 12.5. The molecule has 1 aromatic rings. The number of likely N-dealkylation sites (N-methyl/N-ethyl adjacent to an activating group) is 1. The maximum Gasteiger partial charge on any atom is 0.241 e. The normalized spacial score (nSPS) is 19.9. The molecular formula is C20H29N3O2S. The van der Waals surface area contributed by atoms with Crippen molar-refractivity contribution in [1.29, 1.82) is 0 Å². The zero-order chi connectivity index (χ0) is 18.6. The van der Waals surface area contributed by atoms with E-state index in [-0.39, 0.29) is 23.8 Å². The van der Waals surface area contributed by atoms with Crippen LogP contribution in [-0.4, -0.2) is 79.1 Å². The third kappa shape index (κ3) is 4.80. The van der Waals surface area contributed by atoms with Crippen LogP contribution in [0.2, 0.25) is 0 Å². The number of amides is 2. The molecule has 0 radical (unpaired) electrons. The van der Waals surface area contributed by atoms with Crippen molar-refractivity contribution in [2.24, 2.45) is 5.41 Å². The van der Waals surface area contributed by atoms with Gasteiger partial charge in [0, 0.05) is 37.2 Å². The average Bonchev–Trinajstić information content (AvgIpc) is 2.94. The Morgan fingerprint density at radius 1 is 1.23 bits per heavy atom. The van der Waals surface area contributed by atoms with Crippen molar-refractivity contribution in [1.82, 2.24) is 14.7 Å². The Hall–Kier alpha value is -1.53. The Bertz CT molecular complexity index is 629. The Balaban J connectivity index is 1.44. The number of benzene rings is 1. The molecule has 3 rings (SSSR count). The van der Waals surface area contributed by atoms with Gasteiger partial charge in [0.2, 0.25) is 11.8 Å². The largest absolute Gasteiger partial charge is 0.343 e. The molecule has 1 aromatic carbocycles. The fraction of sp³-hybridized carbons (Fsp3) is 0.600. The molecule has 142 valence electrons. The minimum Gasteiger partial charge on any atom is -0.343 e. The molecule has 5 nitrogen and oxygen atoms in total. The van der Waals surface area contributed by atoms with E-state index in [0.717, 1.165) is 38.2 Å². The van der Waals surface area contributed by atoms with E-state index in [4.69, 9.17) is 0 Å². The average molecular weight is 376 g/mol. The number of hydrogen-bond donors (Lipinski definition) is 0. The number of piperidine rings is 1. The van der Waals surface area contributed by atoms with E-state index in [1.54, 1.807) is 21.6 Å². The Morgan fingerprint density at radius 2 is 1.92 bits per heavy atom. The number of rotatable bonds is 6. The third-order valence-electron chi connectivity index (χ3n) is 5.64. The summed E-state index contributed by atoms with van der Waals surface area (Å²) in [7, 11) is 3.97. The predicted octanol–water partition coefficient (Wildman–Crippen LogP) is 2.18. The van der Waals surface area contributed by atoms with Gasteiger partial charge >= 0.3 is 0 Å². The highest BCUT2D eigenvalue weighted by Crippen LogP contribution is 2.40. The van der Waals surface area contributed by atoms with E-state index < -0.39 is 0 Å². The van der Waals surface area contributed by atoms with Gasteiger partial charge in [-0.05, 0) is 50.5 Å². The van der Waals surface area contributed by atoms with Crippen LogP contribution in [-0.2, 0) is 9.59 Å². The molecule has 2 fully saturated rings. The van der Waals surface area contributed by atoms with Crippen molar-refractivity contribution in [3.8, 4) is 0 Å². The number of carbonyl (C=O) groups excluding carboxylic acids is 2. The van der Waals surface area contributed by atoms with Gasteiger partial charge in [0.15, 0.2) is 0 Å². The summed E-state index contributed by atoms with van der Waals surface area (Å²) < 4.78 is 0. The van der Waals surface area contributed by atoms with Gasteiger partial charge in [-0.15, -0.1) is 11.8 Å². The van der Waals surface area contributed by atoms with Crippen molar-refractivity contribution < 1.29 is 9.59 Å². The van der Waals surface area contributed by atoms with Crippen molar-refractivity contribution in [3.05, 3.63) is 30.3 Å². The van der Waals surface area contributed by atoms with Gasteiger partial charge < -0.3 is 14.7 Å². The van der Waals surface area contributed by atoms with Crippen molar-refractivity contribution in [3.63, 3.8) is 0 Å². The van der Waals surface area contributed by atoms with Gasteiger partial charge in [0.05, 0.1) is 6.54 Å². The molecule has 6 heteroatoms. The van der Waals surface area contributed by atoms with Gasteiger partial charge in [0.1, 0.15) is 0 Å². The highest BCUT2D eigenvalue weighted by atomic mass is 32.2. The first kappa shape index (κ1) is 19.2. The molecule has 0 saturated carbocycles. The molecule has 2 amide bonds. The van der Waals surface area contributed by atoms with E-state index in [2.05, 4.69) is 24.1 Å². The zero-order valence-corrected chi connectivity index (χ0v) is 16.6. The van der Waals surface area contributed by atoms with Crippen LogP contribution in [0, 0.1) is 5.41 Å². The molecule has 2 aliphatic heterocycles. The molecule has 1 spiro atoms. The minimum absolute atomic E-state index is 0.0389. The molecular weight excluding hydrogens is 346 g/mol. The van der Waals surface area contributed by atoms with Crippen molar-refractivity contribution >= 4 is 23.6 Å². The lowest BCUT2D eigenvalue weighted by Crippen LogP contribution is -2.42. The molecule has 0 aliphatic carbocycles. The highest BCUT2D eigenvalue weighted by Gasteiger charge is 2.44. The second-order valence-corrected chi connectivity index (χ2v) is 8.87. The first-order valence-corrected chi connectivity index (χ1v) is 10.3. The van der Waals surface area contributed by atoms with Gasteiger partial charge in [-0.25, -0.2) is 0 Å². The van der Waals surface area contributed by atoms with Gasteiger partial charge in [0.25, 0.3) is 0 Å². The summed E-state index contributed by atoms with van der Waals surface area (Å²) in [5.41, 5.74) is 0.103. The van der Waals surface area contributed by atoms with E-state index in [9.17, 15) is 9.59 Å². The molecule has 0 unspecified atom stereocenters. The molecule has 2 aliphatic rings. The maximum atomic E-state index is 12.5. The zero-order valence-electron chi connectivity index (χ0n) is 15.8. The summed E-state index contributed by atoms with van der Waals surface area (Å²) in [4.78, 5) is 32.0. The lowest BCUT2D eigenvalue weighted by atomic mass is 9.78. The fourth-order valence-corrected chi connectivity index (χ4v) is 4.73. The van der Waals surface area contributed by atoms with Gasteiger partial charge in [-0.3, -0.25) is 9.59 Å². The van der Waals surface area contributed by atoms with Crippen LogP contribution in [0.3, 0.4) is 0 Å². The van der Waals surface area contributed by atoms with E-state index >= 15 is 0 Å². The van der Waals surface area contributed by atoms with Gasteiger partial charge in [-0.1, -0.05) is 18.2 Å². The second kappa shape index (κ2) is 8.44. The number of likely N-dealkylation sites (tertiary alicyclic amines) is 2. The minimum atomic E-state index is 0.0389. The molecule has 0 N–H and O–H groups in total. The van der Waals surface area contributed by atoms with Crippen LogP contribution in [0.1, 0.15) is 19.3 Å². The SMILES string of the molecule is CN1CCC2(CC1)CC(=O)N(CC(=O)N(C)CCSc1ccccc1)C2. The van der Waals surface area contributed by atoms with Crippen LogP contribution in [0.4, 0.5) is 0 Å².